The predicted octanol–water partition coefficient (Wildman–Crippen LogP) is 1.56. The summed E-state index contributed by atoms with van der Waals surface area (Å²) in [4.78, 5) is 66.6. The fourth-order valence-corrected chi connectivity index (χ4v) is 5.77. The Kier molecular flexibility index (Phi) is 14.2. The van der Waals surface area contributed by atoms with E-state index >= 15 is 0 Å². The number of rotatable bonds is 6. The van der Waals surface area contributed by atoms with Gasteiger partial charge in [0.2, 0.25) is 23.6 Å². The SMILES string of the molecule is COc1ccc2cc1OCC(=O)NCCC[C@H](NC(=O)[C@H]1CCCO1)C(=O)N[C@@H](Cc1ccccc1)C(=O)N[C@H](C(C)C)C(=O)NCCC2. The smallest absolute Gasteiger partial charge is 0.257 e. The molecule has 0 unspecified atom stereocenters. The first-order valence-electron chi connectivity index (χ1n) is 17.1. The number of hydrogen-bond donors (Lipinski definition) is 5. The fraction of sp³-hybridized carbons (Fsp3) is 0.528. The fourth-order valence-electron chi connectivity index (χ4n) is 5.77. The standard InChI is InChI=1S/C36H49N5O8/c1-23(2)32-36(46)38-18-7-12-25-15-16-28(47-3)30(21-25)49-22-31(42)37-17-8-13-26(39-35(45)29-14-9-19-48-29)33(43)40-27(34(44)41-32)20-24-10-5-4-6-11-24/h4-6,10-11,15-16,21,23,26-27,29,32H,7-9,12-14,17-20,22H2,1-3H3,(H,37,42)(H,38,46)(H,39,45)(H,40,43)(H,41,44)/t26-,27-,29+,32+/m0/s1. The van der Waals surface area contributed by atoms with Gasteiger partial charge < -0.3 is 40.8 Å². The molecule has 0 saturated carbocycles. The minimum absolute atomic E-state index is 0.164. The van der Waals surface area contributed by atoms with Gasteiger partial charge in [0.15, 0.2) is 18.1 Å². The zero-order valence-electron chi connectivity index (χ0n) is 28.5. The maximum Gasteiger partial charge on any atom is 0.257 e. The molecule has 4 atom stereocenters. The van der Waals surface area contributed by atoms with Crippen molar-refractivity contribution in [3.05, 3.63) is 59.7 Å². The van der Waals surface area contributed by atoms with Crippen LogP contribution in [0.2, 0.25) is 0 Å². The summed E-state index contributed by atoms with van der Waals surface area (Å²) in [7, 11) is 1.52. The number of aryl methyl sites for hydroxylation is 1. The van der Waals surface area contributed by atoms with Crippen molar-refractivity contribution in [2.24, 2.45) is 5.92 Å². The molecule has 2 bridgehead atoms. The number of amides is 5. The Morgan fingerprint density at radius 3 is 2.41 bits per heavy atom. The van der Waals surface area contributed by atoms with Gasteiger partial charge >= 0.3 is 0 Å². The van der Waals surface area contributed by atoms with Crippen LogP contribution in [0.25, 0.3) is 0 Å². The molecule has 2 aliphatic rings. The van der Waals surface area contributed by atoms with Gasteiger partial charge in [-0.25, -0.2) is 0 Å². The van der Waals surface area contributed by atoms with E-state index in [0.29, 0.717) is 50.3 Å². The lowest BCUT2D eigenvalue weighted by Crippen LogP contribution is -2.58. The summed E-state index contributed by atoms with van der Waals surface area (Å²) in [6, 6.07) is 11.8. The van der Waals surface area contributed by atoms with E-state index in [-0.39, 0.29) is 43.7 Å². The molecule has 2 heterocycles. The molecule has 1 fully saturated rings. The zero-order chi connectivity index (χ0) is 35.2. The Hall–Kier alpha value is -4.65. The molecule has 5 N–H and O–H groups in total. The van der Waals surface area contributed by atoms with Crippen molar-refractivity contribution < 1.29 is 38.2 Å². The zero-order valence-corrected chi connectivity index (χ0v) is 28.5. The number of ether oxygens (including phenoxy) is 3. The van der Waals surface area contributed by atoms with Gasteiger partial charge in [0.25, 0.3) is 5.91 Å². The van der Waals surface area contributed by atoms with Gasteiger partial charge in [-0.3, -0.25) is 24.0 Å². The summed E-state index contributed by atoms with van der Waals surface area (Å²) in [6.45, 7) is 4.48. The van der Waals surface area contributed by atoms with Gasteiger partial charge in [-0.2, -0.15) is 0 Å². The molecule has 0 aliphatic carbocycles. The number of carbonyl (C=O) groups excluding carboxylic acids is 5. The Bertz CT molecular complexity index is 1430. The van der Waals surface area contributed by atoms with Gasteiger partial charge in [-0.1, -0.05) is 50.2 Å². The Labute approximate surface area is 287 Å². The van der Waals surface area contributed by atoms with Crippen LogP contribution < -0.4 is 36.1 Å². The van der Waals surface area contributed by atoms with E-state index in [1.807, 2.05) is 56.3 Å². The third kappa shape index (κ3) is 11.5. The van der Waals surface area contributed by atoms with Crippen molar-refractivity contribution in [1.82, 2.24) is 26.6 Å². The van der Waals surface area contributed by atoms with E-state index in [1.54, 1.807) is 6.07 Å². The van der Waals surface area contributed by atoms with Crippen molar-refractivity contribution in [2.45, 2.75) is 83.0 Å². The van der Waals surface area contributed by atoms with Crippen molar-refractivity contribution in [3.8, 4) is 11.5 Å². The van der Waals surface area contributed by atoms with Gasteiger partial charge in [0.05, 0.1) is 7.11 Å². The molecule has 49 heavy (non-hydrogen) atoms. The molecule has 0 spiro atoms. The molecular weight excluding hydrogens is 630 g/mol. The van der Waals surface area contributed by atoms with Crippen LogP contribution >= 0.6 is 0 Å². The number of carbonyl (C=O) groups is 5. The highest BCUT2D eigenvalue weighted by Crippen LogP contribution is 2.28. The van der Waals surface area contributed by atoms with E-state index < -0.39 is 42.0 Å². The molecule has 13 nitrogen and oxygen atoms in total. The van der Waals surface area contributed by atoms with Gasteiger partial charge in [-0.05, 0) is 67.7 Å². The third-order valence-corrected chi connectivity index (χ3v) is 8.54. The Morgan fingerprint density at radius 1 is 0.918 bits per heavy atom. The quantitative estimate of drug-likeness (QED) is 0.306. The van der Waals surface area contributed by atoms with Crippen LogP contribution in [-0.2, 0) is 41.6 Å². The van der Waals surface area contributed by atoms with Crippen molar-refractivity contribution in [3.63, 3.8) is 0 Å². The average molecular weight is 680 g/mol. The maximum atomic E-state index is 13.8. The maximum absolute atomic E-state index is 13.8. The van der Waals surface area contributed by atoms with Crippen LogP contribution in [0.5, 0.6) is 11.5 Å². The van der Waals surface area contributed by atoms with Crippen LogP contribution in [0.3, 0.4) is 0 Å². The average Bonchev–Trinajstić information content (AvgIpc) is 3.64. The molecule has 4 rings (SSSR count). The molecule has 2 aliphatic heterocycles. The summed E-state index contributed by atoms with van der Waals surface area (Å²) in [5.41, 5.74) is 1.75. The second kappa shape index (κ2) is 18.8. The highest BCUT2D eigenvalue weighted by molar-refractivity contribution is 5.95. The van der Waals surface area contributed by atoms with Crippen LogP contribution in [0.4, 0.5) is 0 Å². The van der Waals surface area contributed by atoms with E-state index in [2.05, 4.69) is 26.6 Å². The monoisotopic (exact) mass is 679 g/mol. The lowest BCUT2D eigenvalue weighted by Gasteiger charge is -2.27. The third-order valence-electron chi connectivity index (χ3n) is 8.54. The van der Waals surface area contributed by atoms with Crippen LogP contribution in [0.1, 0.15) is 57.1 Å². The molecule has 0 radical (unpaired) electrons. The summed E-state index contributed by atoms with van der Waals surface area (Å²) in [5, 5.41) is 14.2. The molecule has 266 valence electrons. The lowest BCUT2D eigenvalue weighted by molar-refractivity contribution is -0.136. The number of methoxy groups -OCH3 is 1. The molecule has 2 aromatic rings. The van der Waals surface area contributed by atoms with Crippen molar-refractivity contribution in [2.75, 3.05) is 33.4 Å². The summed E-state index contributed by atoms with van der Waals surface area (Å²) >= 11 is 0. The first-order chi connectivity index (χ1) is 23.6. The summed E-state index contributed by atoms with van der Waals surface area (Å²) in [6.07, 6.45) is 2.55. The molecule has 13 heteroatoms. The molecule has 5 amide bonds. The van der Waals surface area contributed by atoms with E-state index in [4.69, 9.17) is 14.2 Å². The first kappa shape index (κ1) is 37.2. The molecular formula is C36H49N5O8. The summed E-state index contributed by atoms with van der Waals surface area (Å²) < 4.78 is 16.7. The van der Waals surface area contributed by atoms with E-state index in [1.165, 1.54) is 7.11 Å². The minimum atomic E-state index is -1.04. The van der Waals surface area contributed by atoms with Crippen LogP contribution in [0.15, 0.2) is 48.5 Å². The Balaban J connectivity index is 1.57. The van der Waals surface area contributed by atoms with Crippen molar-refractivity contribution >= 4 is 29.5 Å². The lowest BCUT2D eigenvalue weighted by atomic mass is 10.00. The largest absolute Gasteiger partial charge is 0.493 e. The normalized spacial score (nSPS) is 23.4. The van der Waals surface area contributed by atoms with Gasteiger partial charge in [-0.15, -0.1) is 0 Å². The van der Waals surface area contributed by atoms with Gasteiger partial charge in [0, 0.05) is 26.1 Å². The van der Waals surface area contributed by atoms with E-state index in [0.717, 1.165) is 17.5 Å². The van der Waals surface area contributed by atoms with Crippen LogP contribution in [-0.4, -0.2) is 87.2 Å². The highest BCUT2D eigenvalue weighted by Gasteiger charge is 2.33. The van der Waals surface area contributed by atoms with Gasteiger partial charge in [0.1, 0.15) is 24.2 Å². The molecule has 0 aromatic heterocycles. The second-order valence-corrected chi connectivity index (χ2v) is 12.7. The molecule has 2 aromatic carbocycles. The number of nitrogens with one attached hydrogen (secondary N) is 5. The number of benzene rings is 2. The predicted molar refractivity (Wildman–Crippen MR) is 182 cm³/mol. The first-order valence-corrected chi connectivity index (χ1v) is 17.1. The summed E-state index contributed by atoms with van der Waals surface area (Å²) in [5.74, 6) is -1.51. The van der Waals surface area contributed by atoms with Crippen LogP contribution in [0, 0.1) is 5.92 Å². The van der Waals surface area contributed by atoms with Crippen molar-refractivity contribution in [1.29, 1.82) is 0 Å². The minimum Gasteiger partial charge on any atom is -0.493 e. The number of hydrogen-bond acceptors (Lipinski definition) is 8. The topological polar surface area (TPSA) is 173 Å². The second-order valence-electron chi connectivity index (χ2n) is 12.7. The highest BCUT2D eigenvalue weighted by atomic mass is 16.5. The molecule has 1 saturated heterocycles. The van der Waals surface area contributed by atoms with E-state index in [9.17, 15) is 24.0 Å². The Morgan fingerprint density at radius 2 is 1.69 bits per heavy atom. The number of fused-ring (bicyclic) bond motifs is 2.